The predicted octanol–water partition coefficient (Wildman–Crippen LogP) is 3.23. The van der Waals surface area contributed by atoms with Crippen LogP contribution in [0.3, 0.4) is 0 Å². The average Bonchev–Trinajstić information content (AvgIpc) is 2.48. The number of ether oxygens (including phenoxy) is 2. The second-order valence-corrected chi connectivity index (χ2v) is 5.50. The summed E-state index contributed by atoms with van der Waals surface area (Å²) in [7, 11) is 0. The standard InChI is InChI=1S/C17H27NO2/c1-3-10-18-13-17(16-7-5-4-6-14(16)2)20-15-8-11-19-12-9-15/h4-7,15,17-18H,3,8-13H2,1-2H3. The smallest absolute Gasteiger partial charge is 0.0955 e. The third-order valence-corrected chi connectivity index (χ3v) is 3.82. The van der Waals surface area contributed by atoms with Gasteiger partial charge in [-0.25, -0.2) is 0 Å². The van der Waals surface area contributed by atoms with E-state index in [2.05, 4.69) is 43.4 Å². The SMILES string of the molecule is CCCNCC(OC1CCOCC1)c1ccccc1C. The van der Waals surface area contributed by atoms with Crippen LogP contribution in [0, 0.1) is 6.92 Å². The monoisotopic (exact) mass is 277 g/mol. The molecule has 0 aromatic heterocycles. The lowest BCUT2D eigenvalue weighted by Gasteiger charge is -2.29. The predicted molar refractivity (Wildman–Crippen MR) is 82.0 cm³/mol. The van der Waals surface area contributed by atoms with Crippen LogP contribution in [0.5, 0.6) is 0 Å². The minimum absolute atomic E-state index is 0.144. The van der Waals surface area contributed by atoms with Gasteiger partial charge in [0.15, 0.2) is 0 Å². The summed E-state index contributed by atoms with van der Waals surface area (Å²) < 4.78 is 11.8. The molecule has 1 atom stereocenters. The molecule has 1 fully saturated rings. The number of rotatable bonds is 7. The first-order valence-corrected chi connectivity index (χ1v) is 7.80. The van der Waals surface area contributed by atoms with Crippen molar-refractivity contribution in [3.8, 4) is 0 Å². The molecule has 1 saturated heterocycles. The van der Waals surface area contributed by atoms with Gasteiger partial charge in [0.25, 0.3) is 0 Å². The van der Waals surface area contributed by atoms with E-state index in [1.54, 1.807) is 0 Å². The van der Waals surface area contributed by atoms with Gasteiger partial charge in [0.2, 0.25) is 0 Å². The zero-order valence-corrected chi connectivity index (χ0v) is 12.7. The molecule has 1 unspecified atom stereocenters. The number of benzene rings is 1. The molecule has 0 amide bonds. The number of nitrogens with one attached hydrogen (secondary N) is 1. The van der Waals surface area contributed by atoms with Gasteiger partial charge >= 0.3 is 0 Å². The lowest BCUT2D eigenvalue weighted by atomic mass is 10.0. The number of aryl methyl sites for hydroxylation is 1. The molecule has 3 nitrogen and oxygen atoms in total. The van der Waals surface area contributed by atoms with E-state index in [0.29, 0.717) is 6.10 Å². The Morgan fingerprint density at radius 1 is 1.30 bits per heavy atom. The maximum absolute atomic E-state index is 6.36. The molecule has 112 valence electrons. The summed E-state index contributed by atoms with van der Waals surface area (Å²) in [4.78, 5) is 0. The highest BCUT2D eigenvalue weighted by Gasteiger charge is 2.21. The second kappa shape index (κ2) is 8.40. The van der Waals surface area contributed by atoms with Crippen LogP contribution in [-0.2, 0) is 9.47 Å². The molecule has 1 aliphatic heterocycles. The van der Waals surface area contributed by atoms with Gasteiger partial charge in [-0.1, -0.05) is 31.2 Å². The summed E-state index contributed by atoms with van der Waals surface area (Å²) in [5.41, 5.74) is 2.62. The number of hydrogen-bond acceptors (Lipinski definition) is 3. The fraction of sp³-hybridized carbons (Fsp3) is 0.647. The molecule has 1 N–H and O–H groups in total. The first kappa shape index (κ1) is 15.5. The zero-order chi connectivity index (χ0) is 14.2. The van der Waals surface area contributed by atoms with E-state index >= 15 is 0 Å². The van der Waals surface area contributed by atoms with Gasteiger partial charge in [0.05, 0.1) is 12.2 Å². The molecule has 2 rings (SSSR count). The third-order valence-electron chi connectivity index (χ3n) is 3.82. The molecule has 1 aromatic rings. The summed E-state index contributed by atoms with van der Waals surface area (Å²) in [6.07, 6.45) is 3.65. The van der Waals surface area contributed by atoms with Crippen LogP contribution in [0.2, 0.25) is 0 Å². The molecular formula is C17H27NO2. The normalized spacial score (nSPS) is 18.1. The number of hydrogen-bond donors (Lipinski definition) is 1. The minimum atomic E-state index is 0.144. The molecule has 1 heterocycles. The summed E-state index contributed by atoms with van der Waals surface area (Å²) >= 11 is 0. The van der Waals surface area contributed by atoms with Crippen molar-refractivity contribution >= 4 is 0 Å². The molecule has 0 saturated carbocycles. The Morgan fingerprint density at radius 2 is 2.05 bits per heavy atom. The van der Waals surface area contributed by atoms with Crippen molar-refractivity contribution in [2.75, 3.05) is 26.3 Å². The lowest BCUT2D eigenvalue weighted by molar-refractivity contribution is -0.0690. The molecule has 3 heteroatoms. The van der Waals surface area contributed by atoms with Crippen molar-refractivity contribution in [1.29, 1.82) is 0 Å². The van der Waals surface area contributed by atoms with Crippen LogP contribution in [0.25, 0.3) is 0 Å². The quantitative estimate of drug-likeness (QED) is 0.776. The Bertz CT molecular complexity index is 388. The fourth-order valence-electron chi connectivity index (χ4n) is 2.63. The Labute approximate surface area is 122 Å². The zero-order valence-electron chi connectivity index (χ0n) is 12.7. The topological polar surface area (TPSA) is 30.5 Å². The first-order chi connectivity index (χ1) is 9.81. The highest BCUT2D eigenvalue weighted by molar-refractivity contribution is 5.28. The molecule has 0 aliphatic carbocycles. The van der Waals surface area contributed by atoms with E-state index in [4.69, 9.17) is 9.47 Å². The van der Waals surface area contributed by atoms with Gasteiger partial charge in [0.1, 0.15) is 0 Å². The van der Waals surface area contributed by atoms with Crippen LogP contribution >= 0.6 is 0 Å². The van der Waals surface area contributed by atoms with Gasteiger partial charge in [-0.3, -0.25) is 0 Å². The molecule has 0 radical (unpaired) electrons. The van der Waals surface area contributed by atoms with Crippen molar-refractivity contribution in [2.45, 2.75) is 45.3 Å². The molecule has 0 spiro atoms. The van der Waals surface area contributed by atoms with E-state index in [9.17, 15) is 0 Å². The Hall–Kier alpha value is -0.900. The van der Waals surface area contributed by atoms with E-state index < -0.39 is 0 Å². The van der Waals surface area contributed by atoms with Crippen LogP contribution in [0.4, 0.5) is 0 Å². The van der Waals surface area contributed by atoms with Gasteiger partial charge in [-0.2, -0.15) is 0 Å². The van der Waals surface area contributed by atoms with Crippen LogP contribution in [-0.4, -0.2) is 32.4 Å². The molecule has 1 aromatic carbocycles. The lowest BCUT2D eigenvalue weighted by Crippen LogP contribution is -2.30. The van der Waals surface area contributed by atoms with E-state index in [-0.39, 0.29) is 6.10 Å². The highest BCUT2D eigenvalue weighted by Crippen LogP contribution is 2.25. The van der Waals surface area contributed by atoms with Gasteiger partial charge in [0, 0.05) is 19.8 Å². The van der Waals surface area contributed by atoms with Gasteiger partial charge < -0.3 is 14.8 Å². The highest BCUT2D eigenvalue weighted by atomic mass is 16.5. The first-order valence-electron chi connectivity index (χ1n) is 7.80. The van der Waals surface area contributed by atoms with Crippen LogP contribution < -0.4 is 5.32 Å². The van der Waals surface area contributed by atoms with Crippen molar-refractivity contribution in [3.63, 3.8) is 0 Å². The van der Waals surface area contributed by atoms with E-state index in [1.807, 2.05) is 0 Å². The summed E-state index contributed by atoms with van der Waals surface area (Å²) in [5.74, 6) is 0. The molecule has 0 bridgehead atoms. The van der Waals surface area contributed by atoms with Crippen molar-refractivity contribution in [3.05, 3.63) is 35.4 Å². The molecule has 20 heavy (non-hydrogen) atoms. The largest absolute Gasteiger partial charge is 0.381 e. The Balaban J connectivity index is 2.01. The van der Waals surface area contributed by atoms with Gasteiger partial charge in [-0.05, 0) is 43.9 Å². The maximum Gasteiger partial charge on any atom is 0.0955 e. The molecular weight excluding hydrogens is 250 g/mol. The Morgan fingerprint density at radius 3 is 2.75 bits per heavy atom. The van der Waals surface area contributed by atoms with Crippen LogP contribution in [0.15, 0.2) is 24.3 Å². The van der Waals surface area contributed by atoms with Gasteiger partial charge in [-0.15, -0.1) is 0 Å². The van der Waals surface area contributed by atoms with Crippen molar-refractivity contribution in [2.24, 2.45) is 0 Å². The second-order valence-electron chi connectivity index (χ2n) is 5.50. The average molecular weight is 277 g/mol. The Kier molecular flexibility index (Phi) is 6.51. The fourth-order valence-corrected chi connectivity index (χ4v) is 2.63. The minimum Gasteiger partial charge on any atom is -0.381 e. The summed E-state index contributed by atoms with van der Waals surface area (Å²) in [5, 5.41) is 3.49. The van der Waals surface area contributed by atoms with Crippen LogP contribution in [0.1, 0.15) is 43.4 Å². The van der Waals surface area contributed by atoms with Crippen molar-refractivity contribution < 1.29 is 9.47 Å². The maximum atomic E-state index is 6.36. The van der Waals surface area contributed by atoms with E-state index in [1.165, 1.54) is 11.1 Å². The summed E-state index contributed by atoms with van der Waals surface area (Å²) in [6, 6.07) is 8.54. The summed E-state index contributed by atoms with van der Waals surface area (Å²) in [6.45, 7) is 7.93. The van der Waals surface area contributed by atoms with Crippen molar-refractivity contribution in [1.82, 2.24) is 5.32 Å². The molecule has 1 aliphatic rings. The third kappa shape index (κ3) is 4.58. The van der Waals surface area contributed by atoms with E-state index in [0.717, 1.165) is 45.6 Å².